The van der Waals surface area contributed by atoms with Crippen LogP contribution in [0.15, 0.2) is 24.3 Å². The number of carbonyl (C=O) groups excluding carboxylic acids is 5. The highest BCUT2D eigenvalue weighted by Gasteiger charge is 2.31. The lowest BCUT2D eigenvalue weighted by Gasteiger charge is -2.28. The topological polar surface area (TPSA) is 132 Å². The first-order valence-corrected chi connectivity index (χ1v) is 9.24. The summed E-state index contributed by atoms with van der Waals surface area (Å²) >= 11 is 0. The molecule has 1 aliphatic rings. The van der Waals surface area contributed by atoms with E-state index in [1.165, 1.54) is 45.9 Å². The van der Waals surface area contributed by atoms with Gasteiger partial charge in [-0.2, -0.15) is 0 Å². The minimum Gasteiger partial charge on any atom is -0.463 e. The van der Waals surface area contributed by atoms with E-state index in [1.54, 1.807) is 6.92 Å². The zero-order chi connectivity index (χ0) is 22.8. The van der Waals surface area contributed by atoms with Crippen LogP contribution in [0.2, 0.25) is 0 Å². The summed E-state index contributed by atoms with van der Waals surface area (Å²) in [6.45, 7) is 6.40. The number of ether oxygens (including phenoxy) is 5. The molecule has 0 saturated carbocycles. The second kappa shape index (κ2) is 11.7. The molecule has 1 aliphatic heterocycles. The third-order valence-electron chi connectivity index (χ3n) is 3.71. The highest BCUT2D eigenvalue weighted by atomic mass is 16.6. The summed E-state index contributed by atoms with van der Waals surface area (Å²) < 4.78 is 25.8. The summed E-state index contributed by atoms with van der Waals surface area (Å²) in [6, 6.07) is 0. The summed E-state index contributed by atoms with van der Waals surface area (Å²) in [6.07, 6.45) is 0.723. The van der Waals surface area contributed by atoms with E-state index < -0.39 is 60.4 Å². The van der Waals surface area contributed by atoms with Crippen LogP contribution in [0.1, 0.15) is 41.0 Å². The first-order chi connectivity index (χ1) is 14.0. The van der Waals surface area contributed by atoms with Crippen molar-refractivity contribution >= 4 is 29.8 Å². The van der Waals surface area contributed by atoms with Crippen molar-refractivity contribution in [1.82, 2.24) is 0 Å². The van der Waals surface area contributed by atoms with Crippen molar-refractivity contribution in [2.45, 2.75) is 71.6 Å². The zero-order valence-corrected chi connectivity index (χ0v) is 17.5. The molecule has 5 unspecified atom stereocenters. The van der Waals surface area contributed by atoms with Crippen molar-refractivity contribution in [3.05, 3.63) is 24.3 Å². The fourth-order valence-electron chi connectivity index (χ4n) is 2.74. The molecule has 1 heterocycles. The van der Waals surface area contributed by atoms with Gasteiger partial charge < -0.3 is 23.7 Å². The fourth-order valence-corrected chi connectivity index (χ4v) is 2.74. The Morgan fingerprint density at radius 2 is 1.60 bits per heavy atom. The molecule has 0 fully saturated rings. The maximum atomic E-state index is 11.6. The van der Waals surface area contributed by atoms with Crippen molar-refractivity contribution in [1.29, 1.82) is 0 Å². The van der Waals surface area contributed by atoms with E-state index in [0.717, 1.165) is 6.08 Å². The van der Waals surface area contributed by atoms with Gasteiger partial charge in [-0.3, -0.25) is 19.2 Å². The maximum absolute atomic E-state index is 11.6. The van der Waals surface area contributed by atoms with Crippen LogP contribution in [-0.2, 0) is 47.7 Å². The molecule has 0 saturated heterocycles. The van der Waals surface area contributed by atoms with Crippen molar-refractivity contribution in [3.8, 4) is 0 Å². The smallest absolute Gasteiger partial charge is 0.331 e. The van der Waals surface area contributed by atoms with E-state index in [1.807, 2.05) is 0 Å². The molecule has 5 atom stereocenters. The summed E-state index contributed by atoms with van der Waals surface area (Å²) in [5.41, 5.74) is 0. The summed E-state index contributed by atoms with van der Waals surface area (Å²) in [7, 11) is 0. The molecule has 10 nitrogen and oxygen atoms in total. The van der Waals surface area contributed by atoms with E-state index in [4.69, 9.17) is 23.7 Å². The quantitative estimate of drug-likeness (QED) is 0.300. The van der Waals surface area contributed by atoms with Gasteiger partial charge in [0.25, 0.3) is 0 Å². The van der Waals surface area contributed by atoms with Gasteiger partial charge in [-0.15, -0.1) is 0 Å². The molecule has 1 rings (SSSR count). The Hall–Kier alpha value is -3.17. The molecule has 30 heavy (non-hydrogen) atoms. The van der Waals surface area contributed by atoms with Crippen molar-refractivity contribution in [2.75, 3.05) is 0 Å². The SMILES string of the molecule is CC(=O)OC(C)CC(OC(C)=O)C(C=CC1OC(=O)C=CC1OC(C)=O)OC(C)=O. The number of hydrogen-bond acceptors (Lipinski definition) is 10. The molecule has 0 spiro atoms. The number of esters is 5. The van der Waals surface area contributed by atoms with Crippen LogP contribution in [0.4, 0.5) is 0 Å². The molecular weight excluding hydrogens is 400 g/mol. The van der Waals surface area contributed by atoms with Crippen molar-refractivity contribution < 1.29 is 47.7 Å². The minimum atomic E-state index is -1.08. The van der Waals surface area contributed by atoms with Gasteiger partial charge in [0.2, 0.25) is 0 Å². The van der Waals surface area contributed by atoms with Crippen LogP contribution in [0.5, 0.6) is 0 Å². The Morgan fingerprint density at radius 3 is 2.13 bits per heavy atom. The van der Waals surface area contributed by atoms with E-state index >= 15 is 0 Å². The normalized spacial score (nSPS) is 21.2. The van der Waals surface area contributed by atoms with Crippen LogP contribution in [0, 0.1) is 0 Å². The van der Waals surface area contributed by atoms with Gasteiger partial charge in [0.15, 0.2) is 18.3 Å². The highest BCUT2D eigenvalue weighted by Crippen LogP contribution is 2.19. The van der Waals surface area contributed by atoms with Crippen LogP contribution < -0.4 is 0 Å². The van der Waals surface area contributed by atoms with Crippen LogP contribution >= 0.6 is 0 Å². The Morgan fingerprint density at radius 1 is 1.00 bits per heavy atom. The maximum Gasteiger partial charge on any atom is 0.331 e. The molecule has 0 aromatic carbocycles. The Balaban J connectivity index is 3.09. The van der Waals surface area contributed by atoms with Gasteiger partial charge in [-0.25, -0.2) is 4.79 Å². The average molecular weight is 426 g/mol. The van der Waals surface area contributed by atoms with E-state index in [-0.39, 0.29) is 6.42 Å². The lowest BCUT2D eigenvalue weighted by molar-refractivity contribution is -0.166. The monoisotopic (exact) mass is 426 g/mol. The predicted molar refractivity (Wildman–Crippen MR) is 101 cm³/mol. The van der Waals surface area contributed by atoms with Gasteiger partial charge in [-0.1, -0.05) is 0 Å². The van der Waals surface area contributed by atoms with Gasteiger partial charge >= 0.3 is 29.8 Å². The number of cyclic esters (lactones) is 1. The van der Waals surface area contributed by atoms with Crippen molar-refractivity contribution in [3.63, 3.8) is 0 Å². The first-order valence-electron chi connectivity index (χ1n) is 9.24. The van der Waals surface area contributed by atoms with Crippen LogP contribution in [0.3, 0.4) is 0 Å². The molecule has 0 radical (unpaired) electrons. The van der Waals surface area contributed by atoms with Gasteiger partial charge in [0, 0.05) is 40.2 Å². The predicted octanol–water partition coefficient (Wildman–Crippen LogP) is 1.16. The highest BCUT2D eigenvalue weighted by molar-refractivity contribution is 5.83. The molecule has 0 aliphatic carbocycles. The Kier molecular flexibility index (Phi) is 9.73. The summed E-state index contributed by atoms with van der Waals surface area (Å²) in [5.74, 6) is -3.03. The molecule has 10 heteroatoms. The van der Waals surface area contributed by atoms with Gasteiger partial charge in [-0.05, 0) is 25.2 Å². The number of carbonyl (C=O) groups is 5. The van der Waals surface area contributed by atoms with E-state index in [2.05, 4.69) is 0 Å². The standard InChI is InChI=1S/C20H26O10/c1-11(26-12(2)21)10-19(29-15(5)24)18(28-14(4)23)7-6-17-16(27-13(3)22)8-9-20(25)30-17/h6-9,11,16-19H,10H2,1-5H3. The molecule has 0 aromatic heterocycles. The third kappa shape index (κ3) is 9.35. The number of rotatable bonds is 9. The first kappa shape index (κ1) is 24.9. The lowest BCUT2D eigenvalue weighted by atomic mass is 10.0. The molecular formula is C20H26O10. The second-order valence-electron chi connectivity index (χ2n) is 6.60. The van der Waals surface area contributed by atoms with E-state index in [0.29, 0.717) is 0 Å². The number of hydrogen-bond donors (Lipinski definition) is 0. The second-order valence-corrected chi connectivity index (χ2v) is 6.60. The molecule has 0 amide bonds. The molecule has 166 valence electrons. The van der Waals surface area contributed by atoms with Gasteiger partial charge in [0.05, 0.1) is 0 Å². The third-order valence-corrected chi connectivity index (χ3v) is 3.71. The Labute approximate surface area is 174 Å². The lowest BCUT2D eigenvalue weighted by Crippen LogP contribution is -2.38. The van der Waals surface area contributed by atoms with Crippen LogP contribution in [0.25, 0.3) is 0 Å². The van der Waals surface area contributed by atoms with E-state index in [9.17, 15) is 24.0 Å². The fraction of sp³-hybridized carbons (Fsp3) is 0.550. The van der Waals surface area contributed by atoms with Gasteiger partial charge in [0.1, 0.15) is 12.2 Å². The minimum absolute atomic E-state index is 0.0409. The Bertz CT molecular complexity index is 723. The van der Waals surface area contributed by atoms with Crippen molar-refractivity contribution in [2.24, 2.45) is 0 Å². The van der Waals surface area contributed by atoms with Crippen LogP contribution in [-0.4, -0.2) is 60.4 Å². The molecule has 0 bridgehead atoms. The largest absolute Gasteiger partial charge is 0.463 e. The average Bonchev–Trinajstić information content (AvgIpc) is 2.58. The molecule has 0 N–H and O–H groups in total. The summed E-state index contributed by atoms with van der Waals surface area (Å²) in [5, 5.41) is 0. The zero-order valence-electron chi connectivity index (χ0n) is 17.5. The summed E-state index contributed by atoms with van der Waals surface area (Å²) in [4.78, 5) is 57.1. The molecule has 0 aromatic rings.